The molecule has 1 atom stereocenters. The lowest BCUT2D eigenvalue weighted by molar-refractivity contribution is -0.220. The normalized spacial score (nSPS) is 17.3. The van der Waals surface area contributed by atoms with Crippen molar-refractivity contribution in [1.29, 1.82) is 0 Å². The summed E-state index contributed by atoms with van der Waals surface area (Å²) in [7, 11) is 1.37. The second-order valence-electron chi connectivity index (χ2n) is 6.37. The van der Waals surface area contributed by atoms with E-state index in [1.165, 1.54) is 23.9 Å². The summed E-state index contributed by atoms with van der Waals surface area (Å²) in [5.74, 6) is 0.289. The first-order chi connectivity index (χ1) is 11.3. The van der Waals surface area contributed by atoms with Crippen molar-refractivity contribution in [2.45, 2.75) is 39.0 Å². The molecule has 2 rings (SSSR count). The van der Waals surface area contributed by atoms with Gasteiger partial charge < -0.3 is 4.74 Å². The van der Waals surface area contributed by atoms with Crippen molar-refractivity contribution in [1.82, 2.24) is 5.06 Å². The summed E-state index contributed by atoms with van der Waals surface area (Å²) in [6.07, 6.45) is 0.678. The zero-order valence-corrected chi connectivity index (χ0v) is 15.1. The number of ether oxygens (including phenoxy) is 1. The molecule has 0 aliphatic carbocycles. The second-order valence-corrected chi connectivity index (χ2v) is 7.37. The fraction of sp³-hybridized carbons (Fsp3) is 0.471. The summed E-state index contributed by atoms with van der Waals surface area (Å²) >= 11 is 1.54. The van der Waals surface area contributed by atoms with E-state index in [0.29, 0.717) is 18.7 Å². The number of nitrogens with zero attached hydrogens (tertiary/aromatic N) is 2. The standard InChI is InChI=1S/C17H22N2O4S/c1-17(2,3)23-19(11-20)9-12-5-7-13(8-6-12)15-18-14(10-24-15)16(21)22-4/h5-8,11,14H,9-10H2,1-4H3. The van der Waals surface area contributed by atoms with Crippen molar-refractivity contribution in [3.8, 4) is 0 Å². The minimum absolute atomic E-state index is 0.310. The molecule has 130 valence electrons. The van der Waals surface area contributed by atoms with Gasteiger partial charge in [-0.1, -0.05) is 24.3 Å². The van der Waals surface area contributed by atoms with Crippen molar-refractivity contribution in [2.75, 3.05) is 12.9 Å². The van der Waals surface area contributed by atoms with Crippen LogP contribution < -0.4 is 0 Å². The van der Waals surface area contributed by atoms with E-state index in [1.54, 1.807) is 0 Å². The van der Waals surface area contributed by atoms with E-state index in [1.807, 2.05) is 45.0 Å². The molecule has 24 heavy (non-hydrogen) atoms. The van der Waals surface area contributed by atoms with Gasteiger partial charge in [0, 0.05) is 11.3 Å². The van der Waals surface area contributed by atoms with Gasteiger partial charge in [0.15, 0.2) is 6.04 Å². The molecule has 1 heterocycles. The van der Waals surface area contributed by atoms with Gasteiger partial charge >= 0.3 is 5.97 Å². The summed E-state index contributed by atoms with van der Waals surface area (Å²) in [6, 6.07) is 7.28. The van der Waals surface area contributed by atoms with Gasteiger partial charge in [-0.05, 0) is 26.3 Å². The summed E-state index contributed by atoms with van der Waals surface area (Å²) in [4.78, 5) is 32.6. The van der Waals surface area contributed by atoms with E-state index in [-0.39, 0.29) is 5.97 Å². The molecule has 0 bridgehead atoms. The Balaban J connectivity index is 2.03. The first-order valence-corrected chi connectivity index (χ1v) is 8.60. The molecule has 0 saturated carbocycles. The van der Waals surface area contributed by atoms with Crippen LogP contribution in [0.4, 0.5) is 0 Å². The maximum atomic E-state index is 11.5. The highest BCUT2D eigenvalue weighted by Gasteiger charge is 2.26. The number of aliphatic imine (C=N–C) groups is 1. The van der Waals surface area contributed by atoms with Crippen LogP contribution in [-0.4, -0.2) is 47.0 Å². The van der Waals surface area contributed by atoms with E-state index < -0.39 is 11.6 Å². The Morgan fingerprint density at radius 2 is 2.04 bits per heavy atom. The maximum absolute atomic E-state index is 11.5. The fourth-order valence-corrected chi connectivity index (χ4v) is 3.19. The minimum atomic E-state index is -0.432. The maximum Gasteiger partial charge on any atom is 0.331 e. The predicted octanol–water partition coefficient (Wildman–Crippen LogP) is 2.41. The van der Waals surface area contributed by atoms with Crippen molar-refractivity contribution in [3.05, 3.63) is 35.4 Å². The molecule has 6 nitrogen and oxygen atoms in total. The van der Waals surface area contributed by atoms with Crippen LogP contribution >= 0.6 is 11.8 Å². The molecule has 0 fully saturated rings. The zero-order chi connectivity index (χ0) is 17.7. The Bertz CT molecular complexity index is 622. The molecular formula is C17H22N2O4S. The molecule has 7 heteroatoms. The number of hydrogen-bond donors (Lipinski definition) is 0. The minimum Gasteiger partial charge on any atom is -0.467 e. The SMILES string of the molecule is COC(=O)C1CSC(c2ccc(CN(C=O)OC(C)(C)C)cc2)=N1. The lowest BCUT2D eigenvalue weighted by Crippen LogP contribution is -2.32. The van der Waals surface area contributed by atoms with Gasteiger partial charge in [-0.3, -0.25) is 14.6 Å². The molecule has 0 N–H and O–H groups in total. The van der Waals surface area contributed by atoms with Gasteiger partial charge in [0.1, 0.15) is 0 Å². The molecular weight excluding hydrogens is 328 g/mol. The number of benzene rings is 1. The predicted molar refractivity (Wildman–Crippen MR) is 93.7 cm³/mol. The largest absolute Gasteiger partial charge is 0.467 e. The number of esters is 1. The van der Waals surface area contributed by atoms with Gasteiger partial charge in [0.25, 0.3) is 0 Å². The number of carbonyl (C=O) groups excluding carboxylic acids is 2. The summed E-state index contributed by atoms with van der Waals surface area (Å²) in [5, 5.41) is 2.11. The molecule has 1 aliphatic rings. The molecule has 0 radical (unpaired) electrons. The van der Waals surface area contributed by atoms with Crippen molar-refractivity contribution in [3.63, 3.8) is 0 Å². The van der Waals surface area contributed by atoms with Crippen LogP contribution in [0, 0.1) is 0 Å². The lowest BCUT2D eigenvalue weighted by atomic mass is 10.1. The average Bonchev–Trinajstić information content (AvgIpc) is 3.03. The third-order valence-corrected chi connectivity index (χ3v) is 4.27. The van der Waals surface area contributed by atoms with Gasteiger partial charge in [-0.15, -0.1) is 11.8 Å². The Morgan fingerprint density at radius 3 is 2.58 bits per heavy atom. The first-order valence-electron chi connectivity index (χ1n) is 7.61. The van der Waals surface area contributed by atoms with E-state index in [2.05, 4.69) is 4.99 Å². The van der Waals surface area contributed by atoms with Crippen LogP contribution in [0.25, 0.3) is 0 Å². The van der Waals surface area contributed by atoms with Crippen LogP contribution in [0.2, 0.25) is 0 Å². The number of rotatable bonds is 6. The number of hydrogen-bond acceptors (Lipinski definition) is 6. The third-order valence-electron chi connectivity index (χ3n) is 3.17. The molecule has 1 aliphatic heterocycles. The van der Waals surface area contributed by atoms with Crippen LogP contribution in [0.1, 0.15) is 31.9 Å². The first kappa shape index (κ1) is 18.5. The average molecular weight is 350 g/mol. The van der Waals surface area contributed by atoms with Crippen LogP contribution in [0.3, 0.4) is 0 Å². The number of amides is 1. The number of thioether (sulfide) groups is 1. The summed E-state index contributed by atoms with van der Waals surface area (Å²) in [6.45, 7) is 6.03. The smallest absolute Gasteiger partial charge is 0.331 e. The molecule has 1 unspecified atom stereocenters. The Morgan fingerprint density at radius 1 is 1.38 bits per heavy atom. The summed E-state index contributed by atoms with van der Waals surface area (Å²) < 4.78 is 4.72. The van der Waals surface area contributed by atoms with E-state index in [4.69, 9.17) is 9.57 Å². The molecule has 1 aromatic rings. The van der Waals surface area contributed by atoms with Gasteiger partial charge in [-0.25, -0.2) is 9.86 Å². The van der Waals surface area contributed by atoms with Crippen LogP contribution in [0.5, 0.6) is 0 Å². The van der Waals surface area contributed by atoms with E-state index >= 15 is 0 Å². The van der Waals surface area contributed by atoms with E-state index in [0.717, 1.165) is 16.2 Å². The highest BCUT2D eigenvalue weighted by molar-refractivity contribution is 8.14. The topological polar surface area (TPSA) is 68.2 Å². The number of hydroxylamine groups is 2. The molecule has 1 aromatic carbocycles. The quantitative estimate of drug-likeness (QED) is 0.448. The highest BCUT2D eigenvalue weighted by Crippen LogP contribution is 2.24. The third kappa shape index (κ3) is 5.07. The molecule has 0 spiro atoms. The van der Waals surface area contributed by atoms with E-state index in [9.17, 15) is 9.59 Å². The van der Waals surface area contributed by atoms with Gasteiger partial charge in [0.05, 0.1) is 24.3 Å². The van der Waals surface area contributed by atoms with Gasteiger partial charge in [0.2, 0.25) is 6.41 Å². The Labute approximate surface area is 146 Å². The Kier molecular flexibility index (Phi) is 6.01. The zero-order valence-electron chi connectivity index (χ0n) is 14.3. The Hall–Kier alpha value is -1.86. The molecule has 1 amide bonds. The second kappa shape index (κ2) is 7.81. The van der Waals surface area contributed by atoms with Crippen molar-refractivity contribution >= 4 is 29.2 Å². The van der Waals surface area contributed by atoms with Crippen molar-refractivity contribution in [2.24, 2.45) is 4.99 Å². The summed E-state index contributed by atoms with van der Waals surface area (Å²) in [5.41, 5.74) is 1.46. The van der Waals surface area contributed by atoms with Crippen LogP contribution in [-0.2, 0) is 25.7 Å². The highest BCUT2D eigenvalue weighted by atomic mass is 32.2. The monoisotopic (exact) mass is 350 g/mol. The van der Waals surface area contributed by atoms with Gasteiger partial charge in [-0.2, -0.15) is 0 Å². The number of methoxy groups -OCH3 is 1. The fourth-order valence-electron chi connectivity index (χ4n) is 2.16. The van der Waals surface area contributed by atoms with Crippen LogP contribution in [0.15, 0.2) is 29.3 Å². The lowest BCUT2D eigenvalue weighted by Gasteiger charge is -2.26. The molecule has 0 aromatic heterocycles. The number of carbonyl (C=O) groups is 2. The molecule has 0 saturated heterocycles. The van der Waals surface area contributed by atoms with Crippen molar-refractivity contribution < 1.29 is 19.2 Å².